The van der Waals surface area contributed by atoms with Gasteiger partial charge in [0, 0.05) is 0 Å². The number of carbonyl (C=O) groups is 1. The highest BCUT2D eigenvalue weighted by atomic mass is 16.5. The Morgan fingerprint density at radius 1 is 1.00 bits per heavy atom. The lowest BCUT2D eigenvalue weighted by Gasteiger charge is -2.13. The van der Waals surface area contributed by atoms with Gasteiger partial charge in [-0.15, -0.1) is 0 Å². The Hall–Kier alpha value is -2.53. The standard InChI is InChI=1S/C17H18O5/c1-2-21-16-9-13(10-18)5-8-15(16)22-11-12-3-6-14(7-4-12)17(19)20/h3-9,18H,2,10-11H2,1H3,(H,19,20). The molecule has 5 heteroatoms. The molecule has 2 aromatic carbocycles. The number of carboxylic acid groups (broad SMARTS) is 1. The van der Waals surface area contributed by atoms with E-state index < -0.39 is 5.97 Å². The quantitative estimate of drug-likeness (QED) is 0.822. The molecule has 0 saturated heterocycles. The molecule has 116 valence electrons. The van der Waals surface area contributed by atoms with Crippen molar-refractivity contribution in [3.05, 3.63) is 59.2 Å². The molecule has 0 aliphatic carbocycles. The van der Waals surface area contributed by atoms with Crippen molar-refractivity contribution >= 4 is 5.97 Å². The summed E-state index contributed by atoms with van der Waals surface area (Å²) in [6, 6.07) is 11.8. The van der Waals surface area contributed by atoms with Crippen LogP contribution in [0, 0.1) is 0 Å². The Balaban J connectivity index is 2.08. The van der Waals surface area contributed by atoms with Gasteiger partial charge in [-0.2, -0.15) is 0 Å². The average molecular weight is 302 g/mol. The molecule has 0 radical (unpaired) electrons. The highest BCUT2D eigenvalue weighted by Gasteiger charge is 2.07. The molecule has 0 aromatic heterocycles. The minimum absolute atomic E-state index is 0.0585. The third-order valence-electron chi connectivity index (χ3n) is 3.09. The molecule has 0 aliphatic heterocycles. The lowest BCUT2D eigenvalue weighted by Crippen LogP contribution is -2.01. The van der Waals surface area contributed by atoms with Crippen molar-refractivity contribution in [2.45, 2.75) is 20.1 Å². The van der Waals surface area contributed by atoms with E-state index in [0.717, 1.165) is 11.1 Å². The van der Waals surface area contributed by atoms with Gasteiger partial charge in [-0.25, -0.2) is 4.79 Å². The molecule has 22 heavy (non-hydrogen) atoms. The number of carboxylic acids is 1. The maximum Gasteiger partial charge on any atom is 0.335 e. The summed E-state index contributed by atoms with van der Waals surface area (Å²) in [6.45, 7) is 2.62. The van der Waals surface area contributed by atoms with Crippen molar-refractivity contribution in [3.8, 4) is 11.5 Å². The van der Waals surface area contributed by atoms with Crippen molar-refractivity contribution in [1.29, 1.82) is 0 Å². The SMILES string of the molecule is CCOc1cc(CO)ccc1OCc1ccc(C(=O)O)cc1. The number of hydrogen-bond acceptors (Lipinski definition) is 4. The minimum Gasteiger partial charge on any atom is -0.490 e. The van der Waals surface area contributed by atoms with Crippen LogP contribution in [0.4, 0.5) is 0 Å². The molecule has 2 aromatic rings. The molecule has 5 nitrogen and oxygen atoms in total. The second-order valence-corrected chi connectivity index (χ2v) is 4.66. The first kappa shape index (κ1) is 15.9. The van der Waals surface area contributed by atoms with Crippen molar-refractivity contribution in [2.75, 3.05) is 6.61 Å². The van der Waals surface area contributed by atoms with Gasteiger partial charge in [0.25, 0.3) is 0 Å². The van der Waals surface area contributed by atoms with Gasteiger partial charge >= 0.3 is 5.97 Å². The fourth-order valence-electron chi connectivity index (χ4n) is 1.94. The summed E-state index contributed by atoms with van der Waals surface area (Å²) in [7, 11) is 0. The fraction of sp³-hybridized carbons (Fsp3) is 0.235. The molecule has 0 atom stereocenters. The molecule has 0 aliphatic rings. The summed E-state index contributed by atoms with van der Waals surface area (Å²) >= 11 is 0. The van der Waals surface area contributed by atoms with Gasteiger partial charge in [0.05, 0.1) is 18.8 Å². The molecule has 0 saturated carbocycles. The molecule has 2 N–H and O–H groups in total. The number of aliphatic hydroxyl groups is 1. The number of rotatable bonds is 7. The number of benzene rings is 2. The van der Waals surface area contributed by atoms with Crippen LogP contribution in [0.25, 0.3) is 0 Å². The second-order valence-electron chi connectivity index (χ2n) is 4.66. The molecule has 0 fully saturated rings. The molecular formula is C17H18O5. The van der Waals surface area contributed by atoms with Gasteiger partial charge in [-0.1, -0.05) is 18.2 Å². The Kier molecular flexibility index (Phi) is 5.38. The summed E-state index contributed by atoms with van der Waals surface area (Å²) in [5, 5.41) is 18.0. The molecule has 0 spiro atoms. The summed E-state index contributed by atoms with van der Waals surface area (Å²) in [5.41, 5.74) is 1.85. The summed E-state index contributed by atoms with van der Waals surface area (Å²) in [5.74, 6) is 0.211. The van der Waals surface area contributed by atoms with Crippen LogP contribution in [0.3, 0.4) is 0 Å². The molecule has 0 heterocycles. The third-order valence-corrected chi connectivity index (χ3v) is 3.09. The molecule has 0 amide bonds. The zero-order chi connectivity index (χ0) is 15.9. The topological polar surface area (TPSA) is 76.0 Å². The van der Waals surface area contributed by atoms with E-state index in [2.05, 4.69) is 0 Å². The van der Waals surface area contributed by atoms with Gasteiger partial charge in [0.1, 0.15) is 6.61 Å². The average Bonchev–Trinajstić information content (AvgIpc) is 2.54. The third kappa shape index (κ3) is 3.99. The molecule has 2 rings (SSSR count). The van der Waals surface area contributed by atoms with Gasteiger partial charge in [-0.05, 0) is 42.3 Å². The largest absolute Gasteiger partial charge is 0.490 e. The second kappa shape index (κ2) is 7.47. The summed E-state index contributed by atoms with van der Waals surface area (Å²) in [4.78, 5) is 10.8. The first-order valence-electron chi connectivity index (χ1n) is 6.95. The van der Waals surface area contributed by atoms with Crippen LogP contribution in [-0.4, -0.2) is 22.8 Å². The van der Waals surface area contributed by atoms with E-state index in [0.29, 0.717) is 24.7 Å². The highest BCUT2D eigenvalue weighted by Crippen LogP contribution is 2.29. The number of aromatic carboxylic acids is 1. The monoisotopic (exact) mass is 302 g/mol. The van der Waals surface area contributed by atoms with Gasteiger partial charge in [-0.3, -0.25) is 0 Å². The van der Waals surface area contributed by atoms with Gasteiger partial charge in [0.2, 0.25) is 0 Å². The van der Waals surface area contributed by atoms with Gasteiger partial charge < -0.3 is 19.7 Å². The normalized spacial score (nSPS) is 10.3. The van der Waals surface area contributed by atoms with Crippen LogP contribution < -0.4 is 9.47 Å². The zero-order valence-corrected chi connectivity index (χ0v) is 12.3. The first-order valence-corrected chi connectivity index (χ1v) is 6.95. The van der Waals surface area contributed by atoms with E-state index in [1.807, 2.05) is 6.92 Å². The van der Waals surface area contributed by atoms with Crippen LogP contribution in [-0.2, 0) is 13.2 Å². The van der Waals surface area contributed by atoms with Crippen molar-refractivity contribution in [1.82, 2.24) is 0 Å². The summed E-state index contributed by atoms with van der Waals surface area (Å²) < 4.78 is 11.2. The maximum atomic E-state index is 10.8. The Labute approximate surface area is 128 Å². The molecular weight excluding hydrogens is 284 g/mol. The zero-order valence-electron chi connectivity index (χ0n) is 12.3. The van der Waals surface area contributed by atoms with E-state index in [4.69, 9.17) is 19.7 Å². The predicted octanol–water partition coefficient (Wildman–Crippen LogP) is 2.85. The number of hydrogen-bond donors (Lipinski definition) is 2. The maximum absolute atomic E-state index is 10.8. The van der Waals surface area contributed by atoms with Crippen LogP contribution in [0.15, 0.2) is 42.5 Å². The van der Waals surface area contributed by atoms with E-state index in [1.165, 1.54) is 0 Å². The lowest BCUT2D eigenvalue weighted by atomic mass is 10.1. The van der Waals surface area contributed by atoms with Crippen molar-refractivity contribution in [2.24, 2.45) is 0 Å². The Morgan fingerprint density at radius 3 is 2.27 bits per heavy atom. The van der Waals surface area contributed by atoms with Gasteiger partial charge in [0.15, 0.2) is 11.5 Å². The lowest BCUT2D eigenvalue weighted by molar-refractivity contribution is 0.0697. The minimum atomic E-state index is -0.953. The van der Waals surface area contributed by atoms with Crippen LogP contribution >= 0.6 is 0 Å². The highest BCUT2D eigenvalue weighted by molar-refractivity contribution is 5.87. The smallest absolute Gasteiger partial charge is 0.335 e. The van der Waals surface area contributed by atoms with Crippen molar-refractivity contribution < 1.29 is 24.5 Å². The van der Waals surface area contributed by atoms with E-state index in [1.54, 1.807) is 42.5 Å². The molecule has 0 bridgehead atoms. The van der Waals surface area contributed by atoms with E-state index in [9.17, 15) is 4.79 Å². The Bertz CT molecular complexity index is 634. The number of aliphatic hydroxyl groups excluding tert-OH is 1. The number of ether oxygens (including phenoxy) is 2. The van der Waals surface area contributed by atoms with E-state index in [-0.39, 0.29) is 12.2 Å². The first-order chi connectivity index (χ1) is 10.6. The Morgan fingerprint density at radius 2 is 1.68 bits per heavy atom. The van der Waals surface area contributed by atoms with Crippen LogP contribution in [0.2, 0.25) is 0 Å². The summed E-state index contributed by atoms with van der Waals surface area (Å²) in [6.07, 6.45) is 0. The fourth-order valence-corrected chi connectivity index (χ4v) is 1.94. The predicted molar refractivity (Wildman–Crippen MR) is 81.3 cm³/mol. The van der Waals surface area contributed by atoms with Crippen LogP contribution in [0.1, 0.15) is 28.4 Å². The van der Waals surface area contributed by atoms with E-state index >= 15 is 0 Å². The molecule has 0 unspecified atom stereocenters. The van der Waals surface area contributed by atoms with Crippen LogP contribution in [0.5, 0.6) is 11.5 Å². The van der Waals surface area contributed by atoms with Crippen molar-refractivity contribution in [3.63, 3.8) is 0 Å².